The summed E-state index contributed by atoms with van der Waals surface area (Å²) >= 11 is 0. The molecule has 0 saturated carbocycles. The highest BCUT2D eigenvalue weighted by Gasteiger charge is 2.33. The average Bonchev–Trinajstić information content (AvgIpc) is 2.27. The van der Waals surface area contributed by atoms with Gasteiger partial charge in [-0.2, -0.15) is 0 Å². The van der Waals surface area contributed by atoms with Gasteiger partial charge in [-0.25, -0.2) is 0 Å². The molecule has 5 nitrogen and oxygen atoms in total. The minimum Gasteiger partial charge on any atom is -0.481 e. The van der Waals surface area contributed by atoms with Crippen LogP contribution in [0.15, 0.2) is 24.3 Å². The van der Waals surface area contributed by atoms with Gasteiger partial charge in [0.25, 0.3) is 0 Å². The molecule has 1 aromatic rings. The van der Waals surface area contributed by atoms with Gasteiger partial charge in [-0.15, -0.1) is 0 Å². The lowest BCUT2D eigenvalue weighted by Gasteiger charge is -2.28. The van der Waals surface area contributed by atoms with Crippen molar-refractivity contribution < 1.29 is 14.7 Å². The van der Waals surface area contributed by atoms with Gasteiger partial charge >= 0.3 is 5.97 Å². The van der Waals surface area contributed by atoms with Crippen molar-refractivity contribution in [3.63, 3.8) is 0 Å². The van der Waals surface area contributed by atoms with Crippen LogP contribution in [0.2, 0.25) is 0 Å². The van der Waals surface area contributed by atoms with Crippen molar-refractivity contribution in [2.24, 2.45) is 5.92 Å². The Hall–Kier alpha value is -2.04. The normalized spacial score (nSPS) is 20.3. The Kier molecular flexibility index (Phi) is 2.52. The number of anilines is 2. The molecule has 1 aliphatic rings. The third-order valence-electron chi connectivity index (χ3n) is 2.67. The summed E-state index contributed by atoms with van der Waals surface area (Å²) < 4.78 is 0. The van der Waals surface area contributed by atoms with Crippen LogP contribution >= 0.6 is 0 Å². The van der Waals surface area contributed by atoms with Gasteiger partial charge in [0.1, 0.15) is 6.04 Å². The second-order valence-electron chi connectivity index (χ2n) is 3.78. The van der Waals surface area contributed by atoms with Crippen molar-refractivity contribution in [3.05, 3.63) is 24.3 Å². The standard InChI is InChI=1S/C11H12N2O3/c1-6(11(15)16)9-10(14)13-8-5-3-2-4-7(8)12-9/h2-6,9,12H,1H3,(H,13,14)(H,15,16)/t6-,9-/m1/s1. The van der Waals surface area contributed by atoms with E-state index in [2.05, 4.69) is 10.6 Å². The van der Waals surface area contributed by atoms with Crippen molar-refractivity contribution in [2.75, 3.05) is 10.6 Å². The Labute approximate surface area is 92.5 Å². The van der Waals surface area contributed by atoms with Crippen molar-refractivity contribution in [2.45, 2.75) is 13.0 Å². The third kappa shape index (κ3) is 1.71. The number of carbonyl (C=O) groups excluding carboxylic acids is 1. The van der Waals surface area contributed by atoms with E-state index in [1.807, 2.05) is 12.1 Å². The van der Waals surface area contributed by atoms with Gasteiger partial charge in [0, 0.05) is 0 Å². The van der Waals surface area contributed by atoms with Crippen LogP contribution in [0.4, 0.5) is 11.4 Å². The molecule has 0 spiro atoms. The molecule has 3 N–H and O–H groups in total. The summed E-state index contributed by atoms with van der Waals surface area (Å²) in [6, 6.07) is 6.47. The molecular formula is C11H12N2O3. The highest BCUT2D eigenvalue weighted by Crippen LogP contribution is 2.27. The maximum absolute atomic E-state index is 11.7. The van der Waals surface area contributed by atoms with Crippen molar-refractivity contribution in [3.8, 4) is 0 Å². The summed E-state index contributed by atoms with van der Waals surface area (Å²) in [6.45, 7) is 1.51. The summed E-state index contributed by atoms with van der Waals surface area (Å²) in [5.41, 5.74) is 1.43. The first-order valence-electron chi connectivity index (χ1n) is 4.99. The Morgan fingerprint density at radius 3 is 2.62 bits per heavy atom. The second kappa shape index (κ2) is 3.84. The molecule has 1 amide bonds. The molecule has 0 aliphatic carbocycles. The second-order valence-corrected chi connectivity index (χ2v) is 3.78. The fourth-order valence-corrected chi connectivity index (χ4v) is 1.66. The SMILES string of the molecule is C[C@@H](C(=O)O)[C@H]1Nc2ccccc2NC1=O. The number of hydrogen-bond donors (Lipinski definition) is 3. The van der Waals surface area contributed by atoms with Crippen LogP contribution in [0, 0.1) is 5.92 Å². The topological polar surface area (TPSA) is 78.4 Å². The van der Waals surface area contributed by atoms with Crippen LogP contribution < -0.4 is 10.6 Å². The zero-order valence-electron chi connectivity index (χ0n) is 8.73. The Balaban J connectivity index is 2.28. The molecule has 5 heteroatoms. The van der Waals surface area contributed by atoms with Crippen LogP contribution in [-0.2, 0) is 9.59 Å². The Morgan fingerprint density at radius 1 is 1.38 bits per heavy atom. The highest BCUT2D eigenvalue weighted by atomic mass is 16.4. The zero-order chi connectivity index (χ0) is 11.7. The molecule has 0 unspecified atom stereocenters. The molecule has 1 heterocycles. The molecule has 2 atom stereocenters. The van der Waals surface area contributed by atoms with E-state index >= 15 is 0 Å². The number of benzene rings is 1. The van der Waals surface area contributed by atoms with Crippen LogP contribution in [-0.4, -0.2) is 23.0 Å². The van der Waals surface area contributed by atoms with Gasteiger partial charge in [-0.1, -0.05) is 12.1 Å². The third-order valence-corrected chi connectivity index (χ3v) is 2.67. The first-order chi connectivity index (χ1) is 7.59. The number of fused-ring (bicyclic) bond motifs is 1. The Bertz CT molecular complexity index is 445. The lowest BCUT2D eigenvalue weighted by atomic mass is 9.98. The van der Waals surface area contributed by atoms with E-state index in [0.717, 1.165) is 5.69 Å². The lowest BCUT2D eigenvalue weighted by molar-refractivity contribution is -0.143. The van der Waals surface area contributed by atoms with E-state index in [-0.39, 0.29) is 5.91 Å². The molecule has 1 aromatic carbocycles. The zero-order valence-corrected chi connectivity index (χ0v) is 8.73. The van der Waals surface area contributed by atoms with Crippen LogP contribution in [0.3, 0.4) is 0 Å². The summed E-state index contributed by atoms with van der Waals surface area (Å²) in [4.78, 5) is 22.5. The first-order valence-corrected chi connectivity index (χ1v) is 4.99. The van der Waals surface area contributed by atoms with Gasteiger partial charge in [0.2, 0.25) is 5.91 Å². The van der Waals surface area contributed by atoms with Gasteiger partial charge in [-0.05, 0) is 19.1 Å². The van der Waals surface area contributed by atoms with Gasteiger partial charge in [-0.3, -0.25) is 9.59 Å². The molecular weight excluding hydrogens is 208 g/mol. The summed E-state index contributed by atoms with van der Waals surface area (Å²) in [6.07, 6.45) is 0. The predicted molar refractivity (Wildman–Crippen MR) is 59.3 cm³/mol. The number of para-hydroxylation sites is 2. The summed E-state index contributed by atoms with van der Waals surface area (Å²) in [5, 5.41) is 14.5. The van der Waals surface area contributed by atoms with Gasteiger partial charge in [0.05, 0.1) is 17.3 Å². The highest BCUT2D eigenvalue weighted by molar-refractivity contribution is 6.04. The molecule has 16 heavy (non-hydrogen) atoms. The number of nitrogens with one attached hydrogen (secondary N) is 2. The van der Waals surface area contributed by atoms with Crippen LogP contribution in [0.25, 0.3) is 0 Å². The molecule has 84 valence electrons. The molecule has 0 saturated heterocycles. The molecule has 0 radical (unpaired) electrons. The van der Waals surface area contributed by atoms with Gasteiger partial charge in [0.15, 0.2) is 0 Å². The number of hydrogen-bond acceptors (Lipinski definition) is 3. The fraction of sp³-hybridized carbons (Fsp3) is 0.273. The monoisotopic (exact) mass is 220 g/mol. The Morgan fingerprint density at radius 2 is 2.00 bits per heavy atom. The number of amides is 1. The lowest BCUT2D eigenvalue weighted by Crippen LogP contribution is -2.45. The summed E-state index contributed by atoms with van der Waals surface area (Å²) in [5.74, 6) is -2.08. The number of aliphatic carboxylic acids is 1. The predicted octanol–water partition coefficient (Wildman–Crippen LogP) is 1.14. The van der Waals surface area contributed by atoms with Crippen LogP contribution in [0.1, 0.15) is 6.92 Å². The maximum Gasteiger partial charge on any atom is 0.308 e. The number of rotatable bonds is 2. The smallest absolute Gasteiger partial charge is 0.308 e. The number of carboxylic acids is 1. The van der Waals surface area contributed by atoms with E-state index < -0.39 is 17.9 Å². The van der Waals surface area contributed by atoms with E-state index in [1.54, 1.807) is 12.1 Å². The van der Waals surface area contributed by atoms with Crippen molar-refractivity contribution >= 4 is 23.3 Å². The van der Waals surface area contributed by atoms with E-state index in [4.69, 9.17) is 5.11 Å². The van der Waals surface area contributed by atoms with E-state index in [0.29, 0.717) is 5.69 Å². The first kappa shape index (κ1) is 10.5. The van der Waals surface area contributed by atoms with Crippen molar-refractivity contribution in [1.82, 2.24) is 0 Å². The quantitative estimate of drug-likeness (QED) is 0.698. The minimum atomic E-state index is -0.993. The number of carbonyl (C=O) groups is 2. The van der Waals surface area contributed by atoms with Crippen LogP contribution in [0.5, 0.6) is 0 Å². The molecule has 0 fully saturated rings. The molecule has 2 rings (SSSR count). The van der Waals surface area contributed by atoms with E-state index in [1.165, 1.54) is 6.92 Å². The van der Waals surface area contributed by atoms with Gasteiger partial charge < -0.3 is 15.7 Å². The van der Waals surface area contributed by atoms with E-state index in [9.17, 15) is 9.59 Å². The summed E-state index contributed by atoms with van der Waals surface area (Å²) in [7, 11) is 0. The van der Waals surface area contributed by atoms with Crippen molar-refractivity contribution in [1.29, 1.82) is 0 Å². The minimum absolute atomic E-state index is 0.311. The molecule has 0 aromatic heterocycles. The maximum atomic E-state index is 11.7. The molecule has 0 bridgehead atoms. The number of carboxylic acid groups (broad SMARTS) is 1. The largest absolute Gasteiger partial charge is 0.481 e. The average molecular weight is 220 g/mol. The fourth-order valence-electron chi connectivity index (χ4n) is 1.66. The molecule has 1 aliphatic heterocycles.